The van der Waals surface area contributed by atoms with Gasteiger partial charge in [0.25, 0.3) is 5.56 Å². The van der Waals surface area contributed by atoms with E-state index in [9.17, 15) is 9.59 Å². The third kappa shape index (κ3) is 3.29. The molecule has 0 unspecified atom stereocenters. The molecule has 0 fully saturated rings. The van der Waals surface area contributed by atoms with E-state index in [1.807, 2.05) is 19.2 Å². The van der Waals surface area contributed by atoms with Crippen LogP contribution >= 0.6 is 11.3 Å². The molecule has 0 aliphatic rings. The maximum Gasteiger partial charge on any atom is 0.266 e. The van der Waals surface area contributed by atoms with Gasteiger partial charge in [-0.2, -0.15) is 0 Å². The highest BCUT2D eigenvalue weighted by Crippen LogP contribution is 2.26. The van der Waals surface area contributed by atoms with Crippen LogP contribution in [0.4, 0.5) is 5.13 Å². The van der Waals surface area contributed by atoms with Crippen molar-refractivity contribution < 1.29 is 4.79 Å². The molecular formula is C18H23N5O2S. The van der Waals surface area contributed by atoms with E-state index in [2.05, 4.69) is 28.9 Å². The van der Waals surface area contributed by atoms with Crippen molar-refractivity contribution in [1.82, 2.24) is 19.6 Å². The van der Waals surface area contributed by atoms with E-state index in [1.54, 1.807) is 16.5 Å². The minimum Gasteiger partial charge on any atom is -0.291 e. The third-order valence-electron chi connectivity index (χ3n) is 4.82. The molecule has 0 spiro atoms. The van der Waals surface area contributed by atoms with E-state index < -0.39 is 0 Å². The van der Waals surface area contributed by atoms with Crippen LogP contribution in [0.2, 0.25) is 0 Å². The molecule has 1 atom stereocenters. The fourth-order valence-electron chi connectivity index (χ4n) is 2.85. The number of aromatic nitrogens is 4. The molecule has 0 aromatic carbocycles. The van der Waals surface area contributed by atoms with Crippen LogP contribution in [-0.4, -0.2) is 32.5 Å². The highest BCUT2D eigenvalue weighted by Gasteiger charge is 2.20. The smallest absolute Gasteiger partial charge is 0.266 e. The number of aryl methyl sites for hydroxylation is 2. The molecule has 3 aromatic rings. The van der Waals surface area contributed by atoms with E-state index in [0.717, 1.165) is 29.1 Å². The van der Waals surface area contributed by atoms with Crippen molar-refractivity contribution in [3.05, 3.63) is 44.4 Å². The van der Waals surface area contributed by atoms with Crippen molar-refractivity contribution in [2.75, 3.05) is 11.9 Å². The predicted octanol–water partition coefficient (Wildman–Crippen LogP) is 2.81. The molecule has 3 heterocycles. The largest absolute Gasteiger partial charge is 0.291 e. The summed E-state index contributed by atoms with van der Waals surface area (Å²) in [5.74, 6) is 0.321. The van der Waals surface area contributed by atoms with Gasteiger partial charge in [0, 0.05) is 35.4 Å². The average molecular weight is 373 g/mol. The summed E-state index contributed by atoms with van der Waals surface area (Å²) in [6, 6.07) is 1.45. The molecule has 0 saturated heterocycles. The van der Waals surface area contributed by atoms with Gasteiger partial charge < -0.3 is 0 Å². The summed E-state index contributed by atoms with van der Waals surface area (Å²) in [4.78, 5) is 35.0. The molecule has 1 amide bonds. The third-order valence-corrected chi connectivity index (χ3v) is 5.75. The SMILES string of the molecule is CC[C@@H](C)c1csc(N(C)C(=O)Cc2c(C)nc3cc(=O)[nH]n3c2C)n1. The molecule has 3 aromatic heterocycles. The standard InChI is InChI=1S/C18H23N5O2S/c1-6-10(2)14-9-26-18(20-14)22(5)17(25)7-13-11(3)19-15-8-16(24)21-23(15)12(13)4/h8-10H,6-7H2,1-5H3,(H,21,24)/t10-/m1/s1. The fraction of sp³-hybridized carbons (Fsp3) is 0.444. The van der Waals surface area contributed by atoms with Gasteiger partial charge in [-0.1, -0.05) is 13.8 Å². The van der Waals surface area contributed by atoms with Gasteiger partial charge in [-0.05, 0) is 26.2 Å². The summed E-state index contributed by atoms with van der Waals surface area (Å²) >= 11 is 1.48. The van der Waals surface area contributed by atoms with Gasteiger partial charge in [0.05, 0.1) is 12.1 Å². The lowest BCUT2D eigenvalue weighted by atomic mass is 10.1. The molecule has 138 valence electrons. The van der Waals surface area contributed by atoms with Gasteiger partial charge in [-0.25, -0.2) is 14.5 Å². The monoisotopic (exact) mass is 373 g/mol. The van der Waals surface area contributed by atoms with E-state index >= 15 is 0 Å². The lowest BCUT2D eigenvalue weighted by molar-refractivity contribution is -0.117. The summed E-state index contributed by atoms with van der Waals surface area (Å²) in [6.45, 7) is 7.99. The lowest BCUT2D eigenvalue weighted by Crippen LogP contribution is -2.28. The number of anilines is 1. The Labute approximate surface area is 155 Å². The zero-order valence-corrected chi connectivity index (χ0v) is 16.5. The number of likely N-dealkylation sites (N-methyl/N-ethyl adjacent to an activating group) is 1. The summed E-state index contributed by atoms with van der Waals surface area (Å²) in [5, 5.41) is 5.43. The molecule has 0 bridgehead atoms. The van der Waals surface area contributed by atoms with Crippen LogP contribution in [-0.2, 0) is 11.2 Å². The van der Waals surface area contributed by atoms with Crippen molar-refractivity contribution in [2.45, 2.75) is 46.5 Å². The number of H-pyrrole nitrogens is 1. The fourth-order valence-corrected chi connectivity index (χ4v) is 3.78. The number of carbonyl (C=O) groups excluding carboxylic acids is 1. The first-order valence-electron chi connectivity index (χ1n) is 8.61. The number of rotatable bonds is 5. The van der Waals surface area contributed by atoms with Crippen LogP contribution in [0.15, 0.2) is 16.2 Å². The van der Waals surface area contributed by atoms with Crippen LogP contribution in [0.1, 0.15) is 48.8 Å². The Bertz CT molecular complexity index is 1020. The molecule has 7 nitrogen and oxygen atoms in total. The van der Waals surface area contributed by atoms with E-state index in [0.29, 0.717) is 16.7 Å². The zero-order chi connectivity index (χ0) is 19.0. The van der Waals surface area contributed by atoms with Crippen molar-refractivity contribution in [3.8, 4) is 0 Å². The highest BCUT2D eigenvalue weighted by molar-refractivity contribution is 7.14. The number of hydrogen-bond donors (Lipinski definition) is 1. The average Bonchev–Trinajstić information content (AvgIpc) is 3.23. The number of nitrogens with one attached hydrogen (secondary N) is 1. The first kappa shape index (κ1) is 18.3. The Hall–Kier alpha value is -2.48. The maximum atomic E-state index is 12.8. The first-order chi connectivity index (χ1) is 12.3. The number of thiazole rings is 1. The van der Waals surface area contributed by atoms with E-state index in [4.69, 9.17) is 0 Å². The number of hydrogen-bond acceptors (Lipinski definition) is 5. The van der Waals surface area contributed by atoms with Gasteiger partial charge in [0.2, 0.25) is 5.91 Å². The Morgan fingerprint density at radius 1 is 1.38 bits per heavy atom. The number of fused-ring (bicyclic) bond motifs is 1. The van der Waals surface area contributed by atoms with Crippen molar-refractivity contribution in [3.63, 3.8) is 0 Å². The quantitative estimate of drug-likeness (QED) is 0.745. The Morgan fingerprint density at radius 2 is 2.12 bits per heavy atom. The van der Waals surface area contributed by atoms with Gasteiger partial charge in [-0.15, -0.1) is 11.3 Å². The second-order valence-corrected chi connectivity index (χ2v) is 7.41. The topological polar surface area (TPSA) is 83.4 Å². The Balaban J connectivity index is 1.86. The van der Waals surface area contributed by atoms with Crippen molar-refractivity contribution in [2.24, 2.45) is 0 Å². The molecule has 3 rings (SSSR count). The number of amides is 1. The van der Waals surface area contributed by atoms with Crippen LogP contribution in [0.3, 0.4) is 0 Å². The first-order valence-corrected chi connectivity index (χ1v) is 9.49. The number of nitrogens with zero attached hydrogens (tertiary/aromatic N) is 4. The maximum absolute atomic E-state index is 12.8. The van der Waals surface area contributed by atoms with Crippen molar-refractivity contribution >= 4 is 28.0 Å². The van der Waals surface area contributed by atoms with E-state index in [-0.39, 0.29) is 17.9 Å². The molecule has 1 N–H and O–H groups in total. The van der Waals surface area contributed by atoms with Crippen LogP contribution in [0, 0.1) is 13.8 Å². The normalized spacial score (nSPS) is 12.5. The molecule has 0 saturated carbocycles. The molecular weight excluding hydrogens is 350 g/mol. The molecule has 0 aliphatic carbocycles. The highest BCUT2D eigenvalue weighted by atomic mass is 32.1. The zero-order valence-electron chi connectivity index (χ0n) is 15.7. The molecule has 0 radical (unpaired) electrons. The second kappa shape index (κ2) is 7.03. The summed E-state index contributed by atoms with van der Waals surface area (Å²) in [5.41, 5.74) is 3.76. The van der Waals surface area contributed by atoms with Gasteiger partial charge in [0.15, 0.2) is 10.8 Å². The second-order valence-electron chi connectivity index (χ2n) is 6.57. The lowest BCUT2D eigenvalue weighted by Gasteiger charge is -2.16. The van der Waals surface area contributed by atoms with Crippen LogP contribution in [0.25, 0.3) is 5.65 Å². The van der Waals surface area contributed by atoms with E-state index in [1.165, 1.54) is 17.4 Å². The number of aromatic amines is 1. The van der Waals surface area contributed by atoms with Crippen LogP contribution in [0.5, 0.6) is 0 Å². The summed E-state index contributed by atoms with van der Waals surface area (Å²) in [7, 11) is 1.75. The van der Waals surface area contributed by atoms with Gasteiger partial charge in [-0.3, -0.25) is 19.6 Å². The molecule has 0 aliphatic heterocycles. The Kier molecular flexibility index (Phi) is 4.95. The minimum absolute atomic E-state index is 0.0584. The molecule has 8 heteroatoms. The van der Waals surface area contributed by atoms with Crippen LogP contribution < -0.4 is 10.5 Å². The predicted molar refractivity (Wildman–Crippen MR) is 103 cm³/mol. The van der Waals surface area contributed by atoms with Crippen molar-refractivity contribution in [1.29, 1.82) is 0 Å². The molecule has 26 heavy (non-hydrogen) atoms. The minimum atomic E-state index is -0.207. The van der Waals surface area contributed by atoms with Gasteiger partial charge in [0.1, 0.15) is 0 Å². The summed E-state index contributed by atoms with van der Waals surface area (Å²) in [6.07, 6.45) is 1.22. The summed E-state index contributed by atoms with van der Waals surface area (Å²) < 4.78 is 1.63. The number of carbonyl (C=O) groups is 1. The Morgan fingerprint density at radius 3 is 2.81 bits per heavy atom. The van der Waals surface area contributed by atoms with Gasteiger partial charge >= 0.3 is 0 Å².